The van der Waals surface area contributed by atoms with Gasteiger partial charge < -0.3 is 4.90 Å². The number of thiol groups is 1. The Kier molecular flexibility index (Phi) is 6.06. The van der Waals surface area contributed by atoms with Crippen molar-refractivity contribution in [3.8, 4) is 0 Å². The molecule has 1 saturated heterocycles. The van der Waals surface area contributed by atoms with E-state index in [1.54, 1.807) is 0 Å². The van der Waals surface area contributed by atoms with E-state index < -0.39 is 0 Å². The van der Waals surface area contributed by atoms with Gasteiger partial charge in [-0.2, -0.15) is 12.6 Å². The Labute approximate surface area is 101 Å². The summed E-state index contributed by atoms with van der Waals surface area (Å²) in [6.45, 7) is 8.54. The minimum atomic E-state index is 0.497. The maximum atomic E-state index is 4.62. The normalized spacial score (nSPS) is 18.6. The van der Waals surface area contributed by atoms with Gasteiger partial charge in [-0.3, -0.25) is 0 Å². The molecule has 1 aliphatic rings. The Bertz CT molecular complexity index is 158. The highest BCUT2D eigenvalue weighted by Gasteiger charge is 2.30. The molecule has 90 valence electrons. The van der Waals surface area contributed by atoms with Gasteiger partial charge in [0.05, 0.1) is 0 Å². The minimum absolute atomic E-state index is 0.497. The fraction of sp³-hybridized carbons (Fsp3) is 1.00. The van der Waals surface area contributed by atoms with Crippen molar-refractivity contribution in [3.63, 3.8) is 0 Å². The van der Waals surface area contributed by atoms with E-state index in [2.05, 4.69) is 31.4 Å². The third kappa shape index (κ3) is 3.99. The molecule has 0 spiro atoms. The second-order valence-corrected chi connectivity index (χ2v) is 5.46. The van der Waals surface area contributed by atoms with Crippen molar-refractivity contribution < 1.29 is 0 Å². The second-order valence-electron chi connectivity index (χ2n) is 5.14. The summed E-state index contributed by atoms with van der Waals surface area (Å²) in [5.74, 6) is 1.06. The third-order valence-electron chi connectivity index (χ3n) is 3.65. The zero-order chi connectivity index (χ0) is 11.1. The van der Waals surface area contributed by atoms with Gasteiger partial charge in [0, 0.05) is 6.54 Å². The van der Waals surface area contributed by atoms with E-state index in [1.165, 1.54) is 58.2 Å². The lowest BCUT2D eigenvalue weighted by molar-refractivity contribution is 0.169. The molecule has 0 amide bonds. The highest BCUT2D eigenvalue weighted by atomic mass is 32.1. The van der Waals surface area contributed by atoms with E-state index in [4.69, 9.17) is 0 Å². The predicted octanol–water partition coefficient (Wildman–Crippen LogP) is 3.60. The molecule has 0 radical (unpaired) electrons. The van der Waals surface area contributed by atoms with Gasteiger partial charge in [0.2, 0.25) is 0 Å². The molecule has 2 heteroatoms. The maximum absolute atomic E-state index is 4.62. The van der Waals surface area contributed by atoms with E-state index in [-0.39, 0.29) is 0 Å². The average molecular weight is 229 g/mol. The van der Waals surface area contributed by atoms with Crippen LogP contribution in [0.1, 0.15) is 52.4 Å². The van der Waals surface area contributed by atoms with Crippen LogP contribution in [0.25, 0.3) is 0 Å². The lowest BCUT2D eigenvalue weighted by Crippen LogP contribution is -2.37. The van der Waals surface area contributed by atoms with Crippen molar-refractivity contribution in [2.24, 2.45) is 5.41 Å². The predicted molar refractivity (Wildman–Crippen MR) is 71.8 cm³/mol. The van der Waals surface area contributed by atoms with Crippen molar-refractivity contribution in [1.29, 1.82) is 0 Å². The molecule has 0 aromatic carbocycles. The maximum Gasteiger partial charge on any atom is 0.00458 e. The smallest absolute Gasteiger partial charge is 0.00458 e. The third-order valence-corrected chi connectivity index (χ3v) is 4.32. The van der Waals surface area contributed by atoms with Gasteiger partial charge >= 0.3 is 0 Å². The zero-order valence-corrected chi connectivity index (χ0v) is 11.4. The van der Waals surface area contributed by atoms with Gasteiger partial charge in [-0.05, 0) is 49.9 Å². The molecule has 1 aliphatic heterocycles. The number of rotatable bonds is 7. The summed E-state index contributed by atoms with van der Waals surface area (Å²) in [7, 11) is 0. The van der Waals surface area contributed by atoms with Crippen LogP contribution in [-0.2, 0) is 0 Å². The van der Waals surface area contributed by atoms with E-state index in [9.17, 15) is 0 Å². The van der Waals surface area contributed by atoms with Crippen molar-refractivity contribution >= 4 is 12.6 Å². The number of hydrogen-bond acceptors (Lipinski definition) is 2. The first-order chi connectivity index (χ1) is 7.26. The Balaban J connectivity index is 2.51. The summed E-state index contributed by atoms with van der Waals surface area (Å²) in [4.78, 5) is 2.65. The molecular weight excluding hydrogens is 202 g/mol. The highest BCUT2D eigenvalue weighted by molar-refractivity contribution is 7.80. The van der Waals surface area contributed by atoms with Crippen LogP contribution in [-0.4, -0.2) is 30.3 Å². The summed E-state index contributed by atoms with van der Waals surface area (Å²) in [6.07, 6.45) is 8.10. The first-order valence-corrected chi connectivity index (χ1v) is 7.23. The SMILES string of the molecule is CCCC(CS)(CCC)CN1CCCC1. The highest BCUT2D eigenvalue weighted by Crippen LogP contribution is 2.33. The fourth-order valence-corrected chi connectivity index (χ4v) is 3.38. The van der Waals surface area contributed by atoms with E-state index in [1.807, 2.05) is 0 Å². The molecule has 0 atom stereocenters. The van der Waals surface area contributed by atoms with Gasteiger partial charge in [0.25, 0.3) is 0 Å². The van der Waals surface area contributed by atoms with Gasteiger partial charge in [-0.25, -0.2) is 0 Å². The minimum Gasteiger partial charge on any atom is -0.303 e. The first kappa shape index (κ1) is 13.4. The molecule has 1 heterocycles. The zero-order valence-electron chi connectivity index (χ0n) is 10.5. The molecule has 1 nitrogen and oxygen atoms in total. The van der Waals surface area contributed by atoms with Crippen LogP contribution in [0.4, 0.5) is 0 Å². The molecular formula is C13H27NS. The van der Waals surface area contributed by atoms with Crippen LogP contribution < -0.4 is 0 Å². The van der Waals surface area contributed by atoms with Crippen molar-refractivity contribution in [2.75, 3.05) is 25.4 Å². The van der Waals surface area contributed by atoms with Crippen LogP contribution in [0.15, 0.2) is 0 Å². The summed E-state index contributed by atoms with van der Waals surface area (Å²) in [5.41, 5.74) is 0.497. The molecule has 0 unspecified atom stereocenters. The van der Waals surface area contributed by atoms with Crippen LogP contribution in [0.5, 0.6) is 0 Å². The van der Waals surface area contributed by atoms with Crippen LogP contribution in [0, 0.1) is 5.41 Å². The van der Waals surface area contributed by atoms with Crippen LogP contribution in [0.2, 0.25) is 0 Å². The molecule has 15 heavy (non-hydrogen) atoms. The van der Waals surface area contributed by atoms with Crippen LogP contribution in [0.3, 0.4) is 0 Å². The Morgan fingerprint density at radius 1 is 1.07 bits per heavy atom. The van der Waals surface area contributed by atoms with Gasteiger partial charge in [0.15, 0.2) is 0 Å². The molecule has 1 fully saturated rings. The summed E-state index contributed by atoms with van der Waals surface area (Å²) < 4.78 is 0. The van der Waals surface area contributed by atoms with E-state index >= 15 is 0 Å². The molecule has 0 aromatic rings. The summed E-state index contributed by atoms with van der Waals surface area (Å²) >= 11 is 4.62. The molecule has 0 saturated carbocycles. The number of likely N-dealkylation sites (tertiary alicyclic amines) is 1. The molecule has 0 bridgehead atoms. The first-order valence-electron chi connectivity index (χ1n) is 6.59. The van der Waals surface area contributed by atoms with Crippen molar-refractivity contribution in [1.82, 2.24) is 4.90 Å². The topological polar surface area (TPSA) is 3.24 Å². The molecule has 1 rings (SSSR count). The number of nitrogens with zero attached hydrogens (tertiary/aromatic N) is 1. The Hall–Kier alpha value is 0.310. The monoisotopic (exact) mass is 229 g/mol. The van der Waals surface area contributed by atoms with Gasteiger partial charge in [-0.1, -0.05) is 26.7 Å². The Morgan fingerprint density at radius 3 is 2.00 bits per heavy atom. The van der Waals surface area contributed by atoms with Crippen LogP contribution >= 0.6 is 12.6 Å². The molecule has 0 aromatic heterocycles. The lowest BCUT2D eigenvalue weighted by Gasteiger charge is -2.36. The van der Waals surface area contributed by atoms with Gasteiger partial charge in [0.1, 0.15) is 0 Å². The molecule has 0 N–H and O–H groups in total. The lowest BCUT2D eigenvalue weighted by atomic mass is 9.80. The van der Waals surface area contributed by atoms with E-state index in [0.29, 0.717) is 5.41 Å². The average Bonchev–Trinajstić information content (AvgIpc) is 2.71. The molecule has 0 aliphatic carbocycles. The Morgan fingerprint density at radius 2 is 1.60 bits per heavy atom. The fourth-order valence-electron chi connectivity index (χ4n) is 2.97. The summed E-state index contributed by atoms with van der Waals surface area (Å²) in [5, 5.41) is 0. The van der Waals surface area contributed by atoms with Crippen molar-refractivity contribution in [3.05, 3.63) is 0 Å². The van der Waals surface area contributed by atoms with Gasteiger partial charge in [-0.15, -0.1) is 0 Å². The summed E-state index contributed by atoms with van der Waals surface area (Å²) in [6, 6.07) is 0. The standard InChI is InChI=1S/C13H27NS/c1-3-7-13(12-15,8-4-2)11-14-9-5-6-10-14/h15H,3-12H2,1-2H3. The van der Waals surface area contributed by atoms with Crippen molar-refractivity contribution in [2.45, 2.75) is 52.4 Å². The quantitative estimate of drug-likeness (QED) is 0.653. The number of hydrogen-bond donors (Lipinski definition) is 1. The van der Waals surface area contributed by atoms with E-state index in [0.717, 1.165) is 5.75 Å². The second kappa shape index (κ2) is 6.80. The largest absolute Gasteiger partial charge is 0.303 e.